The Morgan fingerprint density at radius 2 is 1.55 bits per heavy atom. The Kier molecular flexibility index (Phi) is 15.7. The zero-order chi connectivity index (χ0) is 25.6. The number of amides is 3. The monoisotopic (exact) mass is 491 g/mol. The highest BCUT2D eigenvalue weighted by Gasteiger charge is 2.32. The standard InChI is InChI=1S/C21H41N5O6S/c1-5-12(2)17(26-19(29)16(23)13(3)27)20(30)24-14(9-11-33-4)18(28)25-15(21(31)32)8-6-7-10-22/h12-17,27H,5-11,22-23H2,1-4H3,(H,24,30)(H,25,28)(H,26,29)(H,31,32). The summed E-state index contributed by atoms with van der Waals surface area (Å²) in [6.45, 7) is 5.42. The molecule has 0 fully saturated rings. The molecule has 6 unspecified atom stereocenters. The normalized spacial score (nSPS) is 16.6. The number of nitrogens with one attached hydrogen (secondary N) is 3. The lowest BCUT2D eigenvalue weighted by molar-refractivity contribution is -0.142. The number of aliphatic carboxylic acids is 1. The van der Waals surface area contributed by atoms with Gasteiger partial charge in [0.2, 0.25) is 17.7 Å². The van der Waals surface area contributed by atoms with Crippen LogP contribution in [0.4, 0.5) is 0 Å². The van der Waals surface area contributed by atoms with Crippen LogP contribution in [-0.4, -0.2) is 82.7 Å². The summed E-state index contributed by atoms with van der Waals surface area (Å²) in [6, 6.07) is -4.25. The van der Waals surface area contributed by atoms with Gasteiger partial charge >= 0.3 is 5.97 Å². The minimum absolute atomic E-state index is 0.226. The van der Waals surface area contributed by atoms with Gasteiger partial charge in [0.05, 0.1) is 6.10 Å². The molecule has 0 aliphatic rings. The van der Waals surface area contributed by atoms with Crippen molar-refractivity contribution < 1.29 is 29.4 Å². The molecule has 0 aliphatic carbocycles. The van der Waals surface area contributed by atoms with Crippen LogP contribution in [-0.2, 0) is 19.2 Å². The fourth-order valence-electron chi connectivity index (χ4n) is 2.96. The van der Waals surface area contributed by atoms with Crippen molar-refractivity contribution in [3.63, 3.8) is 0 Å². The third-order valence-electron chi connectivity index (χ3n) is 5.42. The number of aliphatic hydroxyl groups excluding tert-OH is 1. The first kappa shape index (κ1) is 31.1. The molecule has 0 spiro atoms. The van der Waals surface area contributed by atoms with Gasteiger partial charge in [-0.3, -0.25) is 14.4 Å². The van der Waals surface area contributed by atoms with Gasteiger partial charge in [-0.05, 0) is 57.1 Å². The molecule has 0 radical (unpaired) electrons. The number of hydrogen-bond donors (Lipinski definition) is 7. The predicted molar refractivity (Wildman–Crippen MR) is 128 cm³/mol. The maximum absolute atomic E-state index is 13.0. The summed E-state index contributed by atoms with van der Waals surface area (Å²) in [5.41, 5.74) is 11.1. The molecule has 9 N–H and O–H groups in total. The van der Waals surface area contributed by atoms with E-state index in [9.17, 15) is 29.4 Å². The van der Waals surface area contributed by atoms with Crippen LogP contribution in [0, 0.1) is 5.92 Å². The van der Waals surface area contributed by atoms with Gasteiger partial charge < -0.3 is 37.6 Å². The van der Waals surface area contributed by atoms with Crippen molar-refractivity contribution in [2.24, 2.45) is 17.4 Å². The third kappa shape index (κ3) is 11.7. The average molecular weight is 492 g/mol. The van der Waals surface area contributed by atoms with Gasteiger partial charge in [0, 0.05) is 0 Å². The van der Waals surface area contributed by atoms with Gasteiger partial charge in [-0.2, -0.15) is 11.8 Å². The number of nitrogens with two attached hydrogens (primary N) is 2. The molecule has 0 saturated carbocycles. The summed E-state index contributed by atoms with van der Waals surface area (Å²) in [7, 11) is 0. The summed E-state index contributed by atoms with van der Waals surface area (Å²) in [5, 5.41) is 26.7. The van der Waals surface area contributed by atoms with Gasteiger partial charge in [0.25, 0.3) is 0 Å². The molecule has 0 bridgehead atoms. The van der Waals surface area contributed by atoms with E-state index < -0.39 is 54.0 Å². The van der Waals surface area contributed by atoms with Crippen LogP contribution in [0.5, 0.6) is 0 Å². The first-order chi connectivity index (χ1) is 15.5. The number of carbonyl (C=O) groups is 4. The van der Waals surface area contributed by atoms with E-state index in [1.165, 1.54) is 18.7 Å². The summed E-state index contributed by atoms with van der Waals surface area (Å²) < 4.78 is 0. The fourth-order valence-corrected chi connectivity index (χ4v) is 3.43. The first-order valence-electron chi connectivity index (χ1n) is 11.3. The van der Waals surface area contributed by atoms with E-state index >= 15 is 0 Å². The largest absolute Gasteiger partial charge is 0.480 e. The minimum atomic E-state index is -1.20. The molecule has 3 amide bonds. The molecule has 0 rings (SSSR count). The Hall–Kier alpha value is -1.89. The highest BCUT2D eigenvalue weighted by Crippen LogP contribution is 2.11. The first-order valence-corrected chi connectivity index (χ1v) is 12.7. The Morgan fingerprint density at radius 3 is 2.03 bits per heavy atom. The SMILES string of the molecule is CCC(C)C(NC(=O)C(N)C(C)O)C(=O)NC(CCSC)C(=O)NC(CCCCN)C(=O)O. The van der Waals surface area contributed by atoms with Gasteiger partial charge in [-0.1, -0.05) is 20.3 Å². The predicted octanol–water partition coefficient (Wildman–Crippen LogP) is -0.838. The molecule has 11 nitrogen and oxygen atoms in total. The number of carboxylic acid groups (broad SMARTS) is 1. The molecule has 6 atom stereocenters. The van der Waals surface area contributed by atoms with E-state index in [0.717, 1.165) is 0 Å². The zero-order valence-corrected chi connectivity index (χ0v) is 20.8. The fraction of sp³-hybridized carbons (Fsp3) is 0.810. The second kappa shape index (κ2) is 16.7. The molecule has 0 aliphatic heterocycles. The number of carboxylic acids is 1. The van der Waals surface area contributed by atoms with Crippen molar-refractivity contribution in [1.29, 1.82) is 0 Å². The van der Waals surface area contributed by atoms with Crippen LogP contribution in [0.15, 0.2) is 0 Å². The Morgan fingerprint density at radius 1 is 0.939 bits per heavy atom. The van der Waals surface area contributed by atoms with Crippen LogP contribution >= 0.6 is 11.8 Å². The van der Waals surface area contributed by atoms with Crippen molar-refractivity contribution in [2.45, 2.75) is 83.1 Å². The van der Waals surface area contributed by atoms with Crippen LogP contribution in [0.2, 0.25) is 0 Å². The minimum Gasteiger partial charge on any atom is -0.480 e. The second-order valence-corrected chi connectivity index (χ2v) is 9.15. The van der Waals surface area contributed by atoms with Gasteiger partial charge in [0.15, 0.2) is 0 Å². The molecule has 0 aromatic rings. The van der Waals surface area contributed by atoms with E-state index in [-0.39, 0.29) is 18.8 Å². The topological polar surface area (TPSA) is 197 Å². The molecular weight excluding hydrogens is 450 g/mol. The van der Waals surface area contributed by atoms with E-state index in [1.807, 2.05) is 13.2 Å². The lowest BCUT2D eigenvalue weighted by Gasteiger charge is -2.28. The van der Waals surface area contributed by atoms with Crippen molar-refractivity contribution in [3.8, 4) is 0 Å². The number of aliphatic hydroxyl groups is 1. The lowest BCUT2D eigenvalue weighted by atomic mass is 9.97. The molecule has 33 heavy (non-hydrogen) atoms. The third-order valence-corrected chi connectivity index (χ3v) is 6.06. The van der Waals surface area contributed by atoms with E-state index in [0.29, 0.717) is 31.6 Å². The summed E-state index contributed by atoms with van der Waals surface area (Å²) in [5.74, 6) is -2.74. The van der Waals surface area contributed by atoms with E-state index in [4.69, 9.17) is 11.5 Å². The highest BCUT2D eigenvalue weighted by atomic mass is 32.2. The number of thioether (sulfide) groups is 1. The van der Waals surface area contributed by atoms with Gasteiger partial charge in [-0.25, -0.2) is 4.79 Å². The zero-order valence-electron chi connectivity index (χ0n) is 20.0. The second-order valence-electron chi connectivity index (χ2n) is 8.16. The number of carbonyl (C=O) groups excluding carboxylic acids is 3. The lowest BCUT2D eigenvalue weighted by Crippen LogP contribution is -2.59. The molecule has 0 saturated heterocycles. The number of unbranched alkanes of at least 4 members (excludes halogenated alkanes) is 1. The smallest absolute Gasteiger partial charge is 0.326 e. The molecular formula is C21H41N5O6S. The summed E-state index contributed by atoms with van der Waals surface area (Å²) >= 11 is 1.48. The van der Waals surface area contributed by atoms with Gasteiger partial charge in [-0.15, -0.1) is 0 Å². The van der Waals surface area contributed by atoms with Crippen molar-refractivity contribution >= 4 is 35.5 Å². The maximum atomic E-state index is 13.0. The number of hydrogen-bond acceptors (Lipinski definition) is 8. The van der Waals surface area contributed by atoms with Crippen LogP contribution in [0.3, 0.4) is 0 Å². The van der Waals surface area contributed by atoms with Crippen LogP contribution in [0.1, 0.15) is 52.9 Å². The van der Waals surface area contributed by atoms with Crippen molar-refractivity contribution in [2.75, 3.05) is 18.6 Å². The molecule has 0 aromatic heterocycles. The average Bonchev–Trinajstić information content (AvgIpc) is 2.77. The molecule has 12 heteroatoms. The number of rotatable bonds is 17. The van der Waals surface area contributed by atoms with Crippen LogP contribution in [0.25, 0.3) is 0 Å². The maximum Gasteiger partial charge on any atom is 0.326 e. The Bertz CT molecular complexity index is 636. The van der Waals surface area contributed by atoms with E-state index in [2.05, 4.69) is 16.0 Å². The van der Waals surface area contributed by atoms with E-state index in [1.54, 1.807) is 6.92 Å². The summed E-state index contributed by atoms with van der Waals surface area (Å²) in [6.07, 6.45) is 3.00. The molecule has 0 heterocycles. The quantitative estimate of drug-likeness (QED) is 0.127. The molecule has 0 aromatic carbocycles. The Balaban J connectivity index is 5.46. The van der Waals surface area contributed by atoms with Crippen molar-refractivity contribution in [1.82, 2.24) is 16.0 Å². The Labute approximate surface area is 200 Å². The summed E-state index contributed by atoms with van der Waals surface area (Å²) in [4.78, 5) is 49.8. The van der Waals surface area contributed by atoms with Gasteiger partial charge in [0.1, 0.15) is 24.2 Å². The van der Waals surface area contributed by atoms with Crippen LogP contribution < -0.4 is 27.4 Å². The van der Waals surface area contributed by atoms with Crippen molar-refractivity contribution in [3.05, 3.63) is 0 Å². The molecule has 192 valence electrons. The highest BCUT2D eigenvalue weighted by molar-refractivity contribution is 7.98.